The number of halogens is 3. The van der Waals surface area contributed by atoms with Gasteiger partial charge in [-0.1, -0.05) is 0 Å². The highest BCUT2D eigenvalue weighted by Crippen LogP contribution is 2.62. The van der Waals surface area contributed by atoms with Gasteiger partial charge in [0.25, 0.3) is 0 Å². The lowest BCUT2D eigenvalue weighted by Crippen LogP contribution is -2.37. The van der Waals surface area contributed by atoms with Gasteiger partial charge in [0.2, 0.25) is 5.91 Å². The van der Waals surface area contributed by atoms with Gasteiger partial charge in [0.1, 0.15) is 28.7 Å². The summed E-state index contributed by atoms with van der Waals surface area (Å²) in [5.41, 5.74) is 0.747. The zero-order valence-corrected chi connectivity index (χ0v) is 18.8. The van der Waals surface area contributed by atoms with Gasteiger partial charge in [-0.2, -0.15) is 0 Å². The normalized spacial score (nSPS) is 22.9. The minimum absolute atomic E-state index is 0.0906. The van der Waals surface area contributed by atoms with E-state index in [-0.39, 0.29) is 17.5 Å². The second kappa shape index (κ2) is 7.87. The highest BCUT2D eigenvalue weighted by Gasteiger charge is 2.70. The molecule has 6 rings (SSSR count). The van der Waals surface area contributed by atoms with Crippen molar-refractivity contribution in [3.05, 3.63) is 71.2 Å². The second-order valence-electron chi connectivity index (χ2n) is 9.08. The van der Waals surface area contributed by atoms with Crippen molar-refractivity contribution in [3.63, 3.8) is 0 Å². The average Bonchev–Trinajstić information content (AvgIpc) is 3.25. The lowest BCUT2D eigenvalue weighted by molar-refractivity contribution is -0.116. The number of benzene rings is 2. The Bertz CT molecular complexity index is 1430. The molecular weight excluding hydrogens is 477 g/mol. The largest absolute Gasteiger partial charge is 0.484 e. The molecule has 2 aliphatic heterocycles. The summed E-state index contributed by atoms with van der Waals surface area (Å²) in [5, 5.41) is 7.81. The van der Waals surface area contributed by atoms with E-state index in [9.17, 15) is 22.8 Å². The topological polar surface area (TPSA) is 102 Å². The fraction of sp³-hybridized carbons (Fsp3) is 0.240. The van der Waals surface area contributed by atoms with Gasteiger partial charge in [0.05, 0.1) is 12.0 Å². The van der Waals surface area contributed by atoms with Crippen molar-refractivity contribution in [1.82, 2.24) is 10.3 Å². The van der Waals surface area contributed by atoms with Crippen LogP contribution in [0.1, 0.15) is 30.4 Å². The molecule has 3 aliphatic rings. The van der Waals surface area contributed by atoms with Crippen LogP contribution in [0.15, 0.2) is 42.6 Å². The average molecular weight is 496 g/mol. The van der Waals surface area contributed by atoms with E-state index in [0.717, 1.165) is 11.1 Å². The first-order valence-electron chi connectivity index (χ1n) is 11.2. The summed E-state index contributed by atoms with van der Waals surface area (Å²) in [4.78, 5) is 28.3. The summed E-state index contributed by atoms with van der Waals surface area (Å²) in [6, 6.07) is 7.43. The van der Waals surface area contributed by atoms with Crippen molar-refractivity contribution in [2.24, 2.45) is 0 Å². The lowest BCUT2D eigenvalue weighted by Gasteiger charge is -2.19. The number of rotatable bonds is 4. The molecule has 3 N–H and O–H groups in total. The van der Waals surface area contributed by atoms with Crippen LogP contribution < -0.4 is 25.4 Å². The first kappa shape index (κ1) is 22.2. The molecule has 8 nitrogen and oxygen atoms in total. The van der Waals surface area contributed by atoms with Gasteiger partial charge in [-0.05, 0) is 37.6 Å². The van der Waals surface area contributed by atoms with Gasteiger partial charge in [0, 0.05) is 41.6 Å². The fourth-order valence-electron chi connectivity index (χ4n) is 4.91. The van der Waals surface area contributed by atoms with Crippen molar-refractivity contribution in [2.75, 3.05) is 10.6 Å². The third-order valence-corrected chi connectivity index (χ3v) is 6.73. The number of hydrogen-bond donors (Lipinski definition) is 3. The number of urea groups is 1. The number of carbonyl (C=O) groups is 2. The molecule has 0 saturated heterocycles. The van der Waals surface area contributed by atoms with Gasteiger partial charge >= 0.3 is 6.03 Å². The summed E-state index contributed by atoms with van der Waals surface area (Å²) in [7, 11) is 0. The van der Waals surface area contributed by atoms with Crippen molar-refractivity contribution in [1.29, 1.82) is 0 Å². The van der Waals surface area contributed by atoms with E-state index in [0.29, 0.717) is 48.0 Å². The van der Waals surface area contributed by atoms with Crippen LogP contribution >= 0.6 is 0 Å². The van der Waals surface area contributed by atoms with Crippen LogP contribution in [0.5, 0.6) is 17.2 Å². The molecule has 11 heteroatoms. The molecule has 0 spiro atoms. The second-order valence-corrected chi connectivity index (χ2v) is 9.08. The molecule has 3 atom stereocenters. The van der Waals surface area contributed by atoms with E-state index in [2.05, 4.69) is 20.9 Å². The third kappa shape index (κ3) is 3.58. The molecule has 3 aromatic rings. The summed E-state index contributed by atoms with van der Waals surface area (Å²) in [5.74, 6) is -2.37. The molecule has 2 aromatic carbocycles. The van der Waals surface area contributed by atoms with Crippen LogP contribution in [0.3, 0.4) is 0 Å². The number of ether oxygens (including phenoxy) is 2. The van der Waals surface area contributed by atoms with Gasteiger partial charge in [-0.25, -0.2) is 22.9 Å². The highest BCUT2D eigenvalue weighted by molar-refractivity contribution is 5.93. The first-order valence-corrected chi connectivity index (χ1v) is 11.2. The van der Waals surface area contributed by atoms with Crippen molar-refractivity contribution < 1.29 is 32.2 Å². The molecule has 0 bridgehead atoms. The van der Waals surface area contributed by atoms with Crippen LogP contribution in [0.25, 0.3) is 0 Å². The monoisotopic (exact) mass is 496 g/mol. The van der Waals surface area contributed by atoms with Crippen LogP contribution in [0, 0.1) is 17.5 Å². The molecule has 1 aromatic heterocycles. The summed E-state index contributed by atoms with van der Waals surface area (Å²) >= 11 is 0. The predicted octanol–water partition coefficient (Wildman–Crippen LogP) is 4.61. The Morgan fingerprint density at radius 1 is 1.17 bits per heavy atom. The number of hydrogen-bond acceptors (Lipinski definition) is 5. The molecule has 1 unspecified atom stereocenters. The molecule has 184 valence electrons. The van der Waals surface area contributed by atoms with Gasteiger partial charge < -0.3 is 25.4 Å². The Labute approximate surface area is 202 Å². The van der Waals surface area contributed by atoms with Crippen LogP contribution in [0.4, 0.5) is 29.5 Å². The van der Waals surface area contributed by atoms with Crippen LogP contribution in [-0.4, -0.2) is 28.6 Å². The minimum atomic E-state index is -1.61. The number of fused-ring (bicyclic) bond motifs is 4. The Kier molecular flexibility index (Phi) is 4.85. The van der Waals surface area contributed by atoms with Gasteiger partial charge in [0.15, 0.2) is 17.5 Å². The zero-order chi connectivity index (χ0) is 25.2. The van der Waals surface area contributed by atoms with Gasteiger partial charge in [-0.3, -0.25) is 4.79 Å². The van der Waals surface area contributed by atoms with E-state index >= 15 is 0 Å². The third-order valence-electron chi connectivity index (χ3n) is 6.73. The summed E-state index contributed by atoms with van der Waals surface area (Å²) in [6.45, 7) is 1.85. The molecule has 1 fully saturated rings. The number of aromatic nitrogens is 1. The van der Waals surface area contributed by atoms with Gasteiger partial charge in [-0.15, -0.1) is 0 Å². The van der Waals surface area contributed by atoms with E-state index in [1.54, 1.807) is 24.4 Å². The maximum atomic E-state index is 13.4. The fourth-order valence-corrected chi connectivity index (χ4v) is 4.91. The molecular formula is C25H19F3N4O4. The maximum Gasteiger partial charge on any atom is 0.319 e. The SMILES string of the molecule is CC12Oc3ccc(Oc4ccnc5c4CCC(=O)N5)cc3[C@H]1[C@@H]2NC(=O)Nc1cc(F)c(F)c(F)c1. The highest BCUT2D eigenvalue weighted by atomic mass is 19.2. The molecule has 0 radical (unpaired) electrons. The number of anilines is 2. The quantitative estimate of drug-likeness (QED) is 0.458. The maximum absolute atomic E-state index is 13.4. The summed E-state index contributed by atoms with van der Waals surface area (Å²) in [6.07, 6.45) is 2.42. The first-order chi connectivity index (χ1) is 17.2. The molecule has 36 heavy (non-hydrogen) atoms. The lowest BCUT2D eigenvalue weighted by atomic mass is 10.1. The smallest absolute Gasteiger partial charge is 0.319 e. The molecule has 3 amide bonds. The van der Waals surface area contributed by atoms with Crippen LogP contribution in [0.2, 0.25) is 0 Å². The van der Waals surface area contributed by atoms with Crippen LogP contribution in [-0.2, 0) is 11.2 Å². The molecule has 3 heterocycles. The summed E-state index contributed by atoms with van der Waals surface area (Å²) < 4.78 is 52.2. The zero-order valence-electron chi connectivity index (χ0n) is 18.8. The Hall–Kier alpha value is -4.28. The minimum Gasteiger partial charge on any atom is -0.484 e. The van der Waals surface area contributed by atoms with Crippen molar-refractivity contribution in [3.8, 4) is 17.2 Å². The molecule has 1 saturated carbocycles. The standard InChI is InChI=1S/C25H19F3N4O4/c1-25-20(22(25)32-24(34)30-11-8-15(26)21(28)16(27)9-11)14-10-12(2-4-18(14)36-25)35-17-6-7-29-23-13(17)3-5-19(33)31-23/h2,4,6-10,20,22H,3,5H2,1H3,(H,29,31,33)(H2,30,32,34)/t20-,22-,25?/m0/s1. The van der Waals surface area contributed by atoms with E-state index < -0.39 is 35.1 Å². The van der Waals surface area contributed by atoms with Crippen molar-refractivity contribution >= 4 is 23.4 Å². The Morgan fingerprint density at radius 2 is 1.94 bits per heavy atom. The number of pyridine rings is 1. The van der Waals surface area contributed by atoms with E-state index in [1.807, 2.05) is 13.0 Å². The van der Waals surface area contributed by atoms with Crippen molar-refractivity contribution in [2.45, 2.75) is 37.3 Å². The number of carbonyl (C=O) groups excluding carboxylic acids is 2. The van der Waals surface area contributed by atoms with E-state index in [1.165, 1.54) is 0 Å². The molecule has 1 aliphatic carbocycles. The Balaban J connectivity index is 1.17. The predicted molar refractivity (Wildman–Crippen MR) is 122 cm³/mol. The Morgan fingerprint density at radius 3 is 2.72 bits per heavy atom. The number of nitrogens with zero attached hydrogens (tertiary/aromatic N) is 1. The number of amides is 3. The number of nitrogens with one attached hydrogen (secondary N) is 3. The van der Waals surface area contributed by atoms with E-state index in [4.69, 9.17) is 9.47 Å².